The van der Waals surface area contributed by atoms with E-state index in [4.69, 9.17) is 21.3 Å². The Balaban J connectivity index is 1.70. The van der Waals surface area contributed by atoms with E-state index in [1.807, 2.05) is 23.1 Å². The summed E-state index contributed by atoms with van der Waals surface area (Å²) >= 11 is 6.39. The third-order valence-electron chi connectivity index (χ3n) is 5.29. The molecule has 2 atom stereocenters. The van der Waals surface area contributed by atoms with Crippen molar-refractivity contribution in [1.29, 1.82) is 0 Å². The summed E-state index contributed by atoms with van der Waals surface area (Å²) < 4.78 is 5.14. The van der Waals surface area contributed by atoms with E-state index in [1.165, 1.54) is 11.1 Å². The Labute approximate surface area is 174 Å². The first-order chi connectivity index (χ1) is 14.1. The van der Waals surface area contributed by atoms with Crippen molar-refractivity contribution < 1.29 is 14.3 Å². The van der Waals surface area contributed by atoms with Gasteiger partial charge in [-0.1, -0.05) is 54.1 Å². The summed E-state index contributed by atoms with van der Waals surface area (Å²) in [5.41, 5.74) is 3.15. The van der Waals surface area contributed by atoms with Crippen molar-refractivity contribution in [2.24, 2.45) is 10.9 Å². The van der Waals surface area contributed by atoms with E-state index in [9.17, 15) is 9.59 Å². The topological polar surface area (TPSA) is 71.0 Å². The van der Waals surface area contributed by atoms with Crippen LogP contribution < -0.4 is 5.32 Å². The molecule has 2 aromatic rings. The minimum absolute atomic E-state index is 0.192. The number of ether oxygens (including phenoxy) is 1. The van der Waals surface area contributed by atoms with Crippen molar-refractivity contribution in [2.45, 2.75) is 25.9 Å². The van der Waals surface area contributed by atoms with Gasteiger partial charge in [-0.25, -0.2) is 4.99 Å². The van der Waals surface area contributed by atoms with Gasteiger partial charge in [0.25, 0.3) is 0 Å². The Kier molecular flexibility index (Phi) is 5.53. The highest BCUT2D eigenvalue weighted by molar-refractivity contribution is 6.31. The fourth-order valence-corrected chi connectivity index (χ4v) is 4.09. The molecule has 0 aromatic heterocycles. The molecule has 0 saturated heterocycles. The Morgan fingerprint density at radius 3 is 2.69 bits per heavy atom. The molecule has 2 heterocycles. The van der Waals surface area contributed by atoms with Gasteiger partial charge in [-0.05, 0) is 36.1 Å². The van der Waals surface area contributed by atoms with Gasteiger partial charge in [-0.3, -0.25) is 14.9 Å². The lowest BCUT2D eigenvalue weighted by Crippen LogP contribution is -2.53. The number of halogens is 1. The number of guanidine groups is 1. The summed E-state index contributed by atoms with van der Waals surface area (Å²) in [6.07, 6.45) is 0.864. The molecule has 2 aromatic carbocycles. The van der Waals surface area contributed by atoms with Gasteiger partial charge in [0.1, 0.15) is 6.04 Å². The summed E-state index contributed by atoms with van der Waals surface area (Å²) in [6, 6.07) is 14.7. The maximum Gasteiger partial charge on any atom is 0.321 e. The van der Waals surface area contributed by atoms with E-state index in [2.05, 4.69) is 17.4 Å². The molecule has 2 aliphatic heterocycles. The first-order valence-corrected chi connectivity index (χ1v) is 10.1. The Hall–Kier alpha value is -2.86. The van der Waals surface area contributed by atoms with Crippen molar-refractivity contribution >= 4 is 29.4 Å². The Morgan fingerprint density at radius 2 is 1.93 bits per heavy atom. The molecule has 0 radical (unpaired) electrons. The smallest absolute Gasteiger partial charge is 0.321 e. The summed E-state index contributed by atoms with van der Waals surface area (Å²) in [7, 11) is 0. The second kappa shape index (κ2) is 8.25. The Bertz CT molecular complexity index is 975. The van der Waals surface area contributed by atoms with E-state index in [1.54, 1.807) is 25.1 Å². The van der Waals surface area contributed by atoms with Crippen LogP contribution in [0.5, 0.6) is 0 Å². The number of rotatable bonds is 3. The number of nitrogens with one attached hydrogen (secondary N) is 1. The SMILES string of the molecule is CCOC(=O)[C@@H]1C(=O)NC(N2CCc3ccccc3C2)=N[C@@H]1c1ccccc1Cl. The zero-order valence-electron chi connectivity index (χ0n) is 16.1. The largest absolute Gasteiger partial charge is 0.465 e. The monoisotopic (exact) mass is 411 g/mol. The number of carbonyl (C=O) groups excluding carboxylic acids is 2. The summed E-state index contributed by atoms with van der Waals surface area (Å²) in [4.78, 5) is 32.3. The fourth-order valence-electron chi connectivity index (χ4n) is 3.84. The average Bonchev–Trinajstić information content (AvgIpc) is 2.73. The minimum atomic E-state index is -1.07. The van der Waals surface area contributed by atoms with Gasteiger partial charge in [-0.2, -0.15) is 0 Å². The maximum atomic E-state index is 12.9. The summed E-state index contributed by atoms with van der Waals surface area (Å²) in [6.45, 7) is 3.28. The lowest BCUT2D eigenvalue weighted by atomic mass is 9.91. The van der Waals surface area contributed by atoms with Crippen LogP contribution in [-0.2, 0) is 27.3 Å². The highest BCUT2D eigenvalue weighted by Crippen LogP contribution is 2.35. The zero-order chi connectivity index (χ0) is 20.4. The van der Waals surface area contributed by atoms with Gasteiger partial charge < -0.3 is 9.64 Å². The zero-order valence-corrected chi connectivity index (χ0v) is 16.9. The average molecular weight is 412 g/mol. The van der Waals surface area contributed by atoms with Crippen LogP contribution in [0.4, 0.5) is 0 Å². The fraction of sp³-hybridized carbons (Fsp3) is 0.318. The molecule has 0 bridgehead atoms. The lowest BCUT2D eigenvalue weighted by molar-refractivity contribution is -0.153. The number of amides is 1. The van der Waals surface area contributed by atoms with Crippen LogP contribution in [0.15, 0.2) is 53.5 Å². The number of benzene rings is 2. The molecule has 0 aliphatic carbocycles. The third kappa shape index (κ3) is 3.85. The van der Waals surface area contributed by atoms with Crippen LogP contribution in [0.2, 0.25) is 5.02 Å². The molecule has 0 fully saturated rings. The normalized spacial score (nSPS) is 21.1. The van der Waals surface area contributed by atoms with Crippen LogP contribution in [-0.4, -0.2) is 35.9 Å². The predicted octanol–water partition coefficient (Wildman–Crippen LogP) is 3.10. The van der Waals surface area contributed by atoms with Crippen LogP contribution >= 0.6 is 11.6 Å². The second-order valence-corrected chi connectivity index (χ2v) is 7.49. The molecule has 0 saturated carbocycles. The minimum Gasteiger partial charge on any atom is -0.465 e. The molecule has 0 spiro atoms. The number of fused-ring (bicyclic) bond motifs is 1. The van der Waals surface area contributed by atoms with Crippen LogP contribution in [0.1, 0.15) is 29.7 Å². The number of hydrogen-bond donors (Lipinski definition) is 1. The van der Waals surface area contributed by atoms with Crippen LogP contribution in [0.3, 0.4) is 0 Å². The van der Waals surface area contributed by atoms with E-state index < -0.39 is 23.8 Å². The molecular formula is C22H22ClN3O3. The van der Waals surface area contributed by atoms with E-state index in [-0.39, 0.29) is 6.61 Å². The number of aliphatic imine (C=N–C) groups is 1. The number of carbonyl (C=O) groups is 2. The molecule has 6 nitrogen and oxygen atoms in total. The van der Waals surface area contributed by atoms with Crippen LogP contribution in [0, 0.1) is 5.92 Å². The van der Waals surface area contributed by atoms with E-state index in [0.29, 0.717) is 23.1 Å². The van der Waals surface area contributed by atoms with Crippen molar-refractivity contribution in [3.05, 3.63) is 70.2 Å². The summed E-state index contributed by atoms with van der Waals surface area (Å²) in [5.74, 6) is -1.62. The van der Waals surface area contributed by atoms with Gasteiger partial charge in [-0.15, -0.1) is 0 Å². The number of esters is 1. The molecular weight excluding hydrogens is 390 g/mol. The van der Waals surface area contributed by atoms with Crippen LogP contribution in [0.25, 0.3) is 0 Å². The molecule has 0 unspecified atom stereocenters. The standard InChI is InChI=1S/C22H22ClN3O3/c1-2-29-21(28)18-19(16-9-5-6-10-17(16)23)24-22(25-20(18)27)26-12-11-14-7-3-4-8-15(14)13-26/h3-10,18-19H,2,11-13H2,1H3,(H,24,25,27)/t18-,19+/m0/s1. The predicted molar refractivity (Wildman–Crippen MR) is 110 cm³/mol. The molecule has 4 rings (SSSR count). The lowest BCUT2D eigenvalue weighted by Gasteiger charge is -2.36. The highest BCUT2D eigenvalue weighted by atomic mass is 35.5. The molecule has 1 amide bonds. The van der Waals surface area contributed by atoms with E-state index >= 15 is 0 Å². The van der Waals surface area contributed by atoms with E-state index in [0.717, 1.165) is 13.0 Å². The number of nitrogens with zero attached hydrogens (tertiary/aromatic N) is 2. The van der Waals surface area contributed by atoms with Crippen molar-refractivity contribution in [3.8, 4) is 0 Å². The quantitative estimate of drug-likeness (QED) is 0.622. The molecule has 7 heteroatoms. The van der Waals surface area contributed by atoms with Gasteiger partial charge >= 0.3 is 5.97 Å². The highest BCUT2D eigenvalue weighted by Gasteiger charge is 2.42. The van der Waals surface area contributed by atoms with Gasteiger partial charge in [0.15, 0.2) is 5.92 Å². The first-order valence-electron chi connectivity index (χ1n) is 9.70. The van der Waals surface area contributed by atoms with Gasteiger partial charge in [0.05, 0.1) is 6.61 Å². The molecule has 1 N–H and O–H groups in total. The van der Waals surface area contributed by atoms with Gasteiger partial charge in [0, 0.05) is 18.1 Å². The van der Waals surface area contributed by atoms with Gasteiger partial charge in [0.2, 0.25) is 11.9 Å². The van der Waals surface area contributed by atoms with Crippen molar-refractivity contribution in [3.63, 3.8) is 0 Å². The Morgan fingerprint density at radius 1 is 1.21 bits per heavy atom. The molecule has 29 heavy (non-hydrogen) atoms. The number of hydrogen-bond acceptors (Lipinski definition) is 5. The van der Waals surface area contributed by atoms with Crippen molar-refractivity contribution in [2.75, 3.05) is 13.2 Å². The second-order valence-electron chi connectivity index (χ2n) is 7.08. The molecule has 2 aliphatic rings. The molecule has 150 valence electrons. The maximum absolute atomic E-state index is 12.9. The van der Waals surface area contributed by atoms with Crippen molar-refractivity contribution in [1.82, 2.24) is 10.2 Å². The third-order valence-corrected chi connectivity index (χ3v) is 5.63. The summed E-state index contributed by atoms with van der Waals surface area (Å²) in [5, 5.41) is 3.28. The first kappa shape index (κ1) is 19.5.